The molecule has 1 rings (SSSR count). The maximum Gasteiger partial charge on any atom is 0.416 e. The van der Waals surface area contributed by atoms with Gasteiger partial charge in [0.1, 0.15) is 5.75 Å². The number of alkyl halides is 3. The van der Waals surface area contributed by atoms with Gasteiger partial charge in [0, 0.05) is 0 Å². The van der Waals surface area contributed by atoms with Gasteiger partial charge in [-0.25, -0.2) is 0 Å². The first kappa shape index (κ1) is 15.8. The Bertz CT molecular complexity index is 362. The van der Waals surface area contributed by atoms with Crippen molar-refractivity contribution in [3.05, 3.63) is 29.8 Å². The Hall–Kier alpha value is -1.23. The summed E-state index contributed by atoms with van der Waals surface area (Å²) in [6.07, 6.45) is -2.45. The van der Waals surface area contributed by atoms with Gasteiger partial charge in [-0.05, 0) is 57.1 Å². The number of ether oxygens (including phenoxy) is 1. The van der Waals surface area contributed by atoms with Crippen molar-refractivity contribution < 1.29 is 17.9 Å². The van der Waals surface area contributed by atoms with E-state index in [1.54, 1.807) is 0 Å². The minimum absolute atomic E-state index is 0.00427. The maximum absolute atomic E-state index is 12.4. The van der Waals surface area contributed by atoms with Gasteiger partial charge in [0.2, 0.25) is 0 Å². The van der Waals surface area contributed by atoms with Crippen LogP contribution in [0.1, 0.15) is 32.3 Å². The predicted molar refractivity (Wildman–Crippen MR) is 69.3 cm³/mol. The number of rotatable bonds is 7. The first-order chi connectivity index (χ1) is 8.93. The van der Waals surface area contributed by atoms with Crippen molar-refractivity contribution in [2.75, 3.05) is 13.1 Å². The van der Waals surface area contributed by atoms with E-state index in [0.29, 0.717) is 5.75 Å². The summed E-state index contributed by atoms with van der Waals surface area (Å²) in [6, 6.07) is 4.81. The molecule has 0 aromatic heterocycles. The molecule has 1 aromatic carbocycles. The fourth-order valence-electron chi connectivity index (χ4n) is 1.71. The van der Waals surface area contributed by atoms with E-state index in [4.69, 9.17) is 4.74 Å². The summed E-state index contributed by atoms with van der Waals surface area (Å²) < 4.78 is 42.7. The van der Waals surface area contributed by atoms with Crippen molar-refractivity contribution in [3.8, 4) is 5.75 Å². The number of hydrogen-bond acceptors (Lipinski definition) is 2. The third-order valence-electron chi connectivity index (χ3n) is 2.73. The second-order valence-corrected chi connectivity index (χ2v) is 4.45. The summed E-state index contributed by atoms with van der Waals surface area (Å²) in [5.74, 6) is 0.476. The van der Waals surface area contributed by atoms with Gasteiger partial charge in [0.25, 0.3) is 0 Å². The van der Waals surface area contributed by atoms with Gasteiger partial charge in [-0.3, -0.25) is 0 Å². The molecule has 0 bridgehead atoms. The molecule has 0 aliphatic heterocycles. The van der Waals surface area contributed by atoms with Crippen LogP contribution in [0, 0.1) is 0 Å². The molecule has 0 saturated heterocycles. The van der Waals surface area contributed by atoms with Crippen LogP contribution in [-0.2, 0) is 6.18 Å². The molecular formula is C14H20F3NO. The molecule has 0 saturated carbocycles. The van der Waals surface area contributed by atoms with Crippen LogP contribution in [0.2, 0.25) is 0 Å². The average Bonchev–Trinajstić information content (AvgIpc) is 2.34. The average molecular weight is 275 g/mol. The molecule has 1 atom stereocenters. The summed E-state index contributed by atoms with van der Waals surface area (Å²) in [6.45, 7) is 5.83. The zero-order chi connectivity index (χ0) is 14.3. The highest BCUT2D eigenvalue weighted by Crippen LogP contribution is 2.30. The molecule has 108 valence electrons. The zero-order valence-corrected chi connectivity index (χ0v) is 11.3. The van der Waals surface area contributed by atoms with Crippen molar-refractivity contribution in [3.63, 3.8) is 0 Å². The van der Waals surface area contributed by atoms with Crippen molar-refractivity contribution >= 4 is 0 Å². The SMILES string of the molecule is CCNCCCC(C)Oc1ccc(C(F)(F)F)cc1. The van der Waals surface area contributed by atoms with Gasteiger partial charge in [0.05, 0.1) is 11.7 Å². The van der Waals surface area contributed by atoms with E-state index in [1.165, 1.54) is 12.1 Å². The summed E-state index contributed by atoms with van der Waals surface area (Å²) in [4.78, 5) is 0. The van der Waals surface area contributed by atoms with Crippen molar-refractivity contribution in [2.45, 2.75) is 39.0 Å². The highest BCUT2D eigenvalue weighted by molar-refractivity contribution is 5.28. The second kappa shape index (κ2) is 7.38. The number of hydrogen-bond donors (Lipinski definition) is 1. The molecule has 0 aliphatic carbocycles. The summed E-state index contributed by atoms with van der Waals surface area (Å²) in [5.41, 5.74) is -0.653. The van der Waals surface area contributed by atoms with Crippen LogP contribution in [0.4, 0.5) is 13.2 Å². The number of benzene rings is 1. The van der Waals surface area contributed by atoms with Gasteiger partial charge in [-0.1, -0.05) is 6.92 Å². The van der Waals surface area contributed by atoms with E-state index in [1.807, 2.05) is 13.8 Å². The van der Waals surface area contributed by atoms with Gasteiger partial charge in [-0.15, -0.1) is 0 Å². The molecule has 0 fully saturated rings. The monoisotopic (exact) mass is 275 g/mol. The molecule has 1 unspecified atom stereocenters. The molecule has 19 heavy (non-hydrogen) atoms. The largest absolute Gasteiger partial charge is 0.491 e. The van der Waals surface area contributed by atoms with Crippen molar-refractivity contribution in [1.82, 2.24) is 5.32 Å². The van der Waals surface area contributed by atoms with Gasteiger partial charge in [-0.2, -0.15) is 13.2 Å². The molecule has 0 amide bonds. The molecular weight excluding hydrogens is 255 g/mol. The van der Waals surface area contributed by atoms with Crippen molar-refractivity contribution in [2.24, 2.45) is 0 Å². The maximum atomic E-state index is 12.4. The van der Waals surface area contributed by atoms with Crippen molar-refractivity contribution in [1.29, 1.82) is 0 Å². The summed E-state index contributed by atoms with van der Waals surface area (Å²) in [5, 5.41) is 3.21. The van der Waals surface area contributed by atoms with E-state index >= 15 is 0 Å². The highest BCUT2D eigenvalue weighted by Gasteiger charge is 2.30. The second-order valence-electron chi connectivity index (χ2n) is 4.45. The lowest BCUT2D eigenvalue weighted by atomic mass is 10.2. The third kappa shape index (κ3) is 5.96. The summed E-state index contributed by atoms with van der Waals surface area (Å²) in [7, 11) is 0. The molecule has 5 heteroatoms. The molecule has 0 aliphatic rings. The van der Waals surface area contributed by atoms with Crippen LogP contribution < -0.4 is 10.1 Å². The Labute approximate surface area is 112 Å². The van der Waals surface area contributed by atoms with Gasteiger partial charge in [0.15, 0.2) is 0 Å². The Kier molecular flexibility index (Phi) is 6.15. The van der Waals surface area contributed by atoms with E-state index in [-0.39, 0.29) is 6.10 Å². The Morgan fingerprint density at radius 2 is 1.84 bits per heavy atom. The first-order valence-electron chi connectivity index (χ1n) is 6.48. The highest BCUT2D eigenvalue weighted by atomic mass is 19.4. The summed E-state index contributed by atoms with van der Waals surface area (Å²) >= 11 is 0. The standard InChI is InChI=1S/C14H20F3NO/c1-3-18-10-4-5-11(2)19-13-8-6-12(7-9-13)14(15,16)17/h6-9,11,18H,3-5,10H2,1-2H3. The van der Waals surface area contributed by atoms with Crippen LogP contribution in [0.3, 0.4) is 0 Å². The Balaban J connectivity index is 2.40. The smallest absolute Gasteiger partial charge is 0.416 e. The first-order valence-corrected chi connectivity index (χ1v) is 6.48. The topological polar surface area (TPSA) is 21.3 Å². The lowest BCUT2D eigenvalue weighted by molar-refractivity contribution is -0.137. The van der Waals surface area contributed by atoms with E-state index < -0.39 is 11.7 Å². The predicted octanol–water partition coefficient (Wildman–Crippen LogP) is 3.86. The Morgan fingerprint density at radius 3 is 2.37 bits per heavy atom. The molecule has 0 heterocycles. The normalized spacial score (nSPS) is 13.3. The van der Waals surface area contributed by atoms with Crippen LogP contribution in [0.15, 0.2) is 24.3 Å². The van der Waals surface area contributed by atoms with Gasteiger partial charge >= 0.3 is 6.18 Å². The lowest BCUT2D eigenvalue weighted by Crippen LogP contribution is -2.18. The number of nitrogens with one attached hydrogen (secondary N) is 1. The minimum atomic E-state index is -4.30. The zero-order valence-electron chi connectivity index (χ0n) is 11.3. The Morgan fingerprint density at radius 1 is 1.21 bits per heavy atom. The van der Waals surface area contributed by atoms with Crippen LogP contribution >= 0.6 is 0 Å². The lowest BCUT2D eigenvalue weighted by Gasteiger charge is -2.15. The van der Waals surface area contributed by atoms with Crippen LogP contribution in [0.25, 0.3) is 0 Å². The van der Waals surface area contributed by atoms with E-state index in [2.05, 4.69) is 5.32 Å². The van der Waals surface area contributed by atoms with Crippen LogP contribution in [0.5, 0.6) is 5.75 Å². The molecule has 1 N–H and O–H groups in total. The van der Waals surface area contributed by atoms with Crippen LogP contribution in [-0.4, -0.2) is 19.2 Å². The number of halogens is 3. The molecule has 0 radical (unpaired) electrons. The quantitative estimate of drug-likeness (QED) is 0.763. The van der Waals surface area contributed by atoms with E-state index in [0.717, 1.165) is 38.1 Å². The molecule has 0 spiro atoms. The van der Waals surface area contributed by atoms with Gasteiger partial charge < -0.3 is 10.1 Å². The third-order valence-corrected chi connectivity index (χ3v) is 2.73. The fourth-order valence-corrected chi connectivity index (χ4v) is 1.71. The molecule has 1 aromatic rings. The fraction of sp³-hybridized carbons (Fsp3) is 0.571. The van der Waals surface area contributed by atoms with E-state index in [9.17, 15) is 13.2 Å². The molecule has 2 nitrogen and oxygen atoms in total. The minimum Gasteiger partial charge on any atom is -0.491 e.